The summed E-state index contributed by atoms with van der Waals surface area (Å²) in [4.78, 5) is 7.24. The van der Waals surface area contributed by atoms with Gasteiger partial charge in [0.05, 0.1) is 0 Å². The van der Waals surface area contributed by atoms with Crippen LogP contribution in [0, 0.1) is 0 Å². The molecule has 0 aliphatic heterocycles. The van der Waals surface area contributed by atoms with E-state index in [0.717, 1.165) is 33.7 Å². The van der Waals surface area contributed by atoms with E-state index in [0.29, 0.717) is 5.89 Å². The van der Waals surface area contributed by atoms with Crippen LogP contribution < -0.4 is 4.90 Å². The first-order valence-corrected chi connectivity index (χ1v) is 14.7. The van der Waals surface area contributed by atoms with E-state index in [-0.39, 0.29) is 5.41 Å². The van der Waals surface area contributed by atoms with Gasteiger partial charge < -0.3 is 9.32 Å². The summed E-state index contributed by atoms with van der Waals surface area (Å²) in [6.45, 7) is 4.65. The van der Waals surface area contributed by atoms with Crippen LogP contribution in [0.15, 0.2) is 150 Å². The Hall–Kier alpha value is -5.41. The summed E-state index contributed by atoms with van der Waals surface area (Å²) in [5.41, 5.74) is 13.4. The second-order valence-electron chi connectivity index (χ2n) is 11.7. The Morgan fingerprint density at radius 2 is 1.12 bits per heavy atom. The number of hydrogen-bond acceptors (Lipinski definition) is 3. The summed E-state index contributed by atoms with van der Waals surface area (Å²) in [6, 6.07) is 51.2. The van der Waals surface area contributed by atoms with E-state index in [2.05, 4.69) is 152 Å². The molecule has 0 unspecified atom stereocenters. The Bertz CT molecular complexity index is 2090. The van der Waals surface area contributed by atoms with Gasteiger partial charge in [0.15, 0.2) is 5.58 Å². The second-order valence-corrected chi connectivity index (χ2v) is 11.7. The summed E-state index contributed by atoms with van der Waals surface area (Å²) in [7, 11) is 0. The zero-order valence-electron chi connectivity index (χ0n) is 24.2. The molecule has 7 aromatic rings. The molecule has 1 aliphatic carbocycles. The van der Waals surface area contributed by atoms with Gasteiger partial charge in [-0.25, -0.2) is 4.98 Å². The molecule has 3 heteroatoms. The maximum absolute atomic E-state index is 6.24. The highest BCUT2D eigenvalue weighted by Gasteiger charge is 2.35. The molecule has 0 fully saturated rings. The number of anilines is 3. The monoisotopic (exact) mass is 554 g/mol. The van der Waals surface area contributed by atoms with Crippen LogP contribution in [0.5, 0.6) is 0 Å². The van der Waals surface area contributed by atoms with Crippen LogP contribution in [0.1, 0.15) is 25.0 Å². The average molecular weight is 555 g/mol. The summed E-state index contributed by atoms with van der Waals surface area (Å²) >= 11 is 0. The molecule has 6 aromatic carbocycles. The minimum Gasteiger partial charge on any atom is -0.436 e. The van der Waals surface area contributed by atoms with Crippen molar-refractivity contribution in [3.05, 3.63) is 157 Å². The quantitative estimate of drug-likeness (QED) is 0.212. The molecule has 0 N–H and O–H groups in total. The van der Waals surface area contributed by atoms with Crippen LogP contribution in [-0.4, -0.2) is 4.98 Å². The smallest absolute Gasteiger partial charge is 0.227 e. The van der Waals surface area contributed by atoms with E-state index >= 15 is 0 Å². The van der Waals surface area contributed by atoms with Crippen molar-refractivity contribution in [2.45, 2.75) is 19.3 Å². The molecule has 3 nitrogen and oxygen atoms in total. The van der Waals surface area contributed by atoms with Crippen molar-refractivity contribution >= 4 is 28.2 Å². The molecule has 0 atom stereocenters. The van der Waals surface area contributed by atoms with Crippen LogP contribution in [0.25, 0.3) is 44.8 Å². The number of aromatic nitrogens is 1. The summed E-state index contributed by atoms with van der Waals surface area (Å²) in [5.74, 6) is 0.620. The van der Waals surface area contributed by atoms with Crippen LogP contribution in [0.4, 0.5) is 17.1 Å². The highest BCUT2D eigenvalue weighted by molar-refractivity contribution is 5.88. The first kappa shape index (κ1) is 25.3. The number of nitrogens with zero attached hydrogens (tertiary/aromatic N) is 2. The van der Waals surface area contributed by atoms with E-state index in [1.54, 1.807) is 0 Å². The lowest BCUT2D eigenvalue weighted by molar-refractivity contribution is 0.620. The standard InChI is InChI=1S/C40H30N2O/c1-40(2)35-16-10-9-15-33(35)34-23-21-31(25-36(34)40)42(30-13-7-4-8-14-30)32-22-24-38-37(26-32)41-39(43-38)29-19-17-28(18-20-29)27-11-5-3-6-12-27/h3-26H,1-2H3. The molecular formula is C40H30N2O. The second kappa shape index (κ2) is 9.85. The molecule has 206 valence electrons. The lowest BCUT2D eigenvalue weighted by Crippen LogP contribution is -2.16. The molecule has 1 aliphatic rings. The maximum Gasteiger partial charge on any atom is 0.227 e. The predicted octanol–water partition coefficient (Wildman–Crippen LogP) is 10.9. The Morgan fingerprint density at radius 3 is 1.91 bits per heavy atom. The van der Waals surface area contributed by atoms with Gasteiger partial charge >= 0.3 is 0 Å². The van der Waals surface area contributed by atoms with E-state index in [9.17, 15) is 0 Å². The summed E-state index contributed by atoms with van der Waals surface area (Å²) in [6.07, 6.45) is 0. The Morgan fingerprint density at radius 1 is 0.512 bits per heavy atom. The van der Waals surface area contributed by atoms with Gasteiger partial charge in [-0.1, -0.05) is 105 Å². The fourth-order valence-corrected chi connectivity index (χ4v) is 6.47. The van der Waals surface area contributed by atoms with E-state index in [1.165, 1.54) is 33.4 Å². The lowest BCUT2D eigenvalue weighted by atomic mass is 9.82. The molecule has 43 heavy (non-hydrogen) atoms. The van der Waals surface area contributed by atoms with Gasteiger partial charge in [0.1, 0.15) is 5.52 Å². The van der Waals surface area contributed by atoms with E-state index < -0.39 is 0 Å². The Kier molecular flexibility index (Phi) is 5.80. The third-order valence-corrected chi connectivity index (χ3v) is 8.71. The fraction of sp³-hybridized carbons (Fsp3) is 0.0750. The first-order valence-electron chi connectivity index (χ1n) is 14.7. The van der Waals surface area contributed by atoms with Crippen LogP contribution >= 0.6 is 0 Å². The molecule has 0 spiro atoms. The molecule has 0 saturated carbocycles. The van der Waals surface area contributed by atoms with Crippen molar-refractivity contribution in [2.24, 2.45) is 0 Å². The zero-order valence-corrected chi connectivity index (χ0v) is 24.2. The third kappa shape index (κ3) is 4.24. The summed E-state index contributed by atoms with van der Waals surface area (Å²) in [5, 5.41) is 0. The minimum atomic E-state index is -0.0781. The number of fused-ring (bicyclic) bond motifs is 4. The fourth-order valence-electron chi connectivity index (χ4n) is 6.47. The molecule has 8 rings (SSSR count). The van der Waals surface area contributed by atoms with Crippen molar-refractivity contribution in [3.8, 4) is 33.7 Å². The van der Waals surface area contributed by atoms with Gasteiger partial charge in [-0.3, -0.25) is 0 Å². The number of oxazole rings is 1. The molecule has 1 heterocycles. The number of benzene rings is 6. The first-order chi connectivity index (χ1) is 21.1. The van der Waals surface area contributed by atoms with Crippen LogP contribution in [0.3, 0.4) is 0 Å². The third-order valence-electron chi connectivity index (χ3n) is 8.71. The van der Waals surface area contributed by atoms with E-state index in [1.807, 2.05) is 12.1 Å². The van der Waals surface area contributed by atoms with Crippen molar-refractivity contribution in [1.29, 1.82) is 0 Å². The van der Waals surface area contributed by atoms with Crippen molar-refractivity contribution < 1.29 is 4.42 Å². The topological polar surface area (TPSA) is 29.3 Å². The van der Waals surface area contributed by atoms with Crippen LogP contribution in [0.2, 0.25) is 0 Å². The van der Waals surface area contributed by atoms with Gasteiger partial charge in [-0.2, -0.15) is 0 Å². The predicted molar refractivity (Wildman–Crippen MR) is 177 cm³/mol. The van der Waals surface area contributed by atoms with Crippen LogP contribution in [-0.2, 0) is 5.41 Å². The number of rotatable bonds is 5. The molecule has 0 radical (unpaired) electrons. The van der Waals surface area contributed by atoms with Crippen molar-refractivity contribution in [2.75, 3.05) is 4.90 Å². The van der Waals surface area contributed by atoms with Gasteiger partial charge in [0.25, 0.3) is 0 Å². The van der Waals surface area contributed by atoms with Gasteiger partial charge in [0.2, 0.25) is 5.89 Å². The Labute approximate surface area is 251 Å². The highest BCUT2D eigenvalue weighted by Crippen LogP contribution is 2.50. The van der Waals surface area contributed by atoms with Gasteiger partial charge in [-0.15, -0.1) is 0 Å². The molecule has 1 aromatic heterocycles. The highest BCUT2D eigenvalue weighted by atomic mass is 16.3. The molecule has 0 bridgehead atoms. The zero-order chi connectivity index (χ0) is 29.0. The lowest BCUT2D eigenvalue weighted by Gasteiger charge is -2.28. The normalized spacial score (nSPS) is 13.1. The van der Waals surface area contributed by atoms with Crippen molar-refractivity contribution in [1.82, 2.24) is 4.98 Å². The van der Waals surface area contributed by atoms with Gasteiger partial charge in [-0.05, 0) is 88.0 Å². The molecule has 0 saturated heterocycles. The summed E-state index contributed by atoms with van der Waals surface area (Å²) < 4.78 is 6.24. The number of hydrogen-bond donors (Lipinski definition) is 0. The Balaban J connectivity index is 1.19. The largest absolute Gasteiger partial charge is 0.436 e. The molecule has 0 amide bonds. The van der Waals surface area contributed by atoms with E-state index in [4.69, 9.17) is 9.40 Å². The SMILES string of the molecule is CC1(C)c2ccccc2-c2ccc(N(c3ccccc3)c3ccc4oc(-c5ccc(-c6ccccc6)cc5)nc4c3)cc21. The van der Waals surface area contributed by atoms with Crippen molar-refractivity contribution in [3.63, 3.8) is 0 Å². The molecular weight excluding hydrogens is 524 g/mol. The average Bonchev–Trinajstić information content (AvgIpc) is 3.59. The van der Waals surface area contributed by atoms with Gasteiger partial charge in [0, 0.05) is 28.0 Å². The maximum atomic E-state index is 6.24. The number of para-hydroxylation sites is 1. The minimum absolute atomic E-state index is 0.0781.